The van der Waals surface area contributed by atoms with Crippen molar-refractivity contribution in [2.75, 3.05) is 13.2 Å². The van der Waals surface area contributed by atoms with Crippen LogP contribution < -0.4 is 9.47 Å². The summed E-state index contributed by atoms with van der Waals surface area (Å²) >= 11 is 10.7. The summed E-state index contributed by atoms with van der Waals surface area (Å²) in [6.45, 7) is 12.7. The van der Waals surface area contributed by atoms with Crippen molar-refractivity contribution in [3.63, 3.8) is 0 Å². The fourth-order valence-corrected chi connectivity index (χ4v) is 15.6. The predicted octanol–water partition coefficient (Wildman–Crippen LogP) is 13.7. The molecule has 0 saturated heterocycles. The van der Waals surface area contributed by atoms with E-state index in [9.17, 15) is 15.8 Å². The molecule has 12 heteroatoms. The number of rotatable bonds is 10. The maximum Gasteiger partial charge on any atom is 0.263 e. The van der Waals surface area contributed by atoms with Crippen molar-refractivity contribution < 1.29 is 9.47 Å². The Bertz CT molecular complexity index is 2620. The predicted molar refractivity (Wildman–Crippen MR) is 222 cm³/mol. The van der Waals surface area contributed by atoms with Crippen molar-refractivity contribution >= 4 is 120 Å². The minimum absolute atomic E-state index is 0.0662. The van der Waals surface area contributed by atoms with Crippen molar-refractivity contribution in [2.24, 2.45) is 0 Å². The molecule has 0 radical (unpaired) electrons. The zero-order valence-electron chi connectivity index (χ0n) is 28.4. The van der Waals surface area contributed by atoms with Crippen LogP contribution in [-0.2, 0) is 5.41 Å². The molecule has 1 saturated carbocycles. The molecule has 8 rings (SSSR count). The molecule has 52 heavy (non-hydrogen) atoms. The molecule has 0 unspecified atom stereocenters. The molecule has 0 amide bonds. The van der Waals surface area contributed by atoms with Crippen molar-refractivity contribution in [1.82, 2.24) is 0 Å². The smallest absolute Gasteiger partial charge is 0.263 e. The normalized spacial score (nSPS) is 15.0. The van der Waals surface area contributed by atoms with Gasteiger partial charge in [-0.3, -0.25) is 0 Å². The third-order valence-electron chi connectivity index (χ3n) is 9.47. The summed E-state index contributed by atoms with van der Waals surface area (Å²) in [6.07, 6.45) is 13.3. The molecule has 6 aromatic heterocycles. The summed E-state index contributed by atoms with van der Waals surface area (Å²) in [5, 5.41) is 28.3. The highest BCUT2D eigenvalue weighted by Crippen LogP contribution is 2.64. The van der Waals surface area contributed by atoms with Crippen molar-refractivity contribution in [2.45, 2.75) is 64.2 Å². The largest absolute Gasteiger partial charge is 0.492 e. The first-order valence-electron chi connectivity index (χ1n) is 17.1. The molecule has 6 nitrogen and oxygen atoms in total. The van der Waals surface area contributed by atoms with Crippen LogP contribution in [0, 0.1) is 40.6 Å². The molecular weight excluding hydrogens is 761 g/mol. The summed E-state index contributed by atoms with van der Waals surface area (Å²) in [5.41, 5.74) is 2.89. The molecule has 0 aromatic carbocycles. The van der Waals surface area contributed by atoms with E-state index in [0.29, 0.717) is 13.2 Å². The van der Waals surface area contributed by atoms with Crippen LogP contribution in [0.2, 0.25) is 0 Å². The quantitative estimate of drug-likeness (QED) is 0.102. The SMILES string of the molecule is [C-]#[N+]/C(C#N)=C\c1cc(OCCC)c(-c2cc3sc4c5sc6c(c5sc4c3s2)C2(CCCCC2)C(c2sc(C=C(C#N)C#N)cc2OCCC)=C6)s1. The first-order valence-corrected chi connectivity index (χ1v) is 22.0. The molecular formula is C40H30N4O2S6. The third-order valence-corrected chi connectivity index (χ3v) is 17.1. The molecule has 2 aliphatic rings. The topological polar surface area (TPSA) is 94.2 Å². The van der Waals surface area contributed by atoms with Gasteiger partial charge in [0.15, 0.2) is 0 Å². The number of fused-ring (bicyclic) bond motifs is 8. The summed E-state index contributed by atoms with van der Waals surface area (Å²) in [5.74, 6) is 1.66. The van der Waals surface area contributed by atoms with E-state index in [2.05, 4.69) is 30.8 Å². The van der Waals surface area contributed by atoms with Gasteiger partial charge in [-0.1, -0.05) is 33.1 Å². The lowest BCUT2D eigenvalue weighted by atomic mass is 9.67. The van der Waals surface area contributed by atoms with E-state index in [1.807, 2.05) is 64.4 Å². The molecule has 0 aliphatic heterocycles. The highest BCUT2D eigenvalue weighted by Gasteiger charge is 2.47. The van der Waals surface area contributed by atoms with Crippen LogP contribution in [0.25, 0.3) is 66.6 Å². The van der Waals surface area contributed by atoms with E-state index in [-0.39, 0.29) is 16.7 Å². The molecule has 0 atom stereocenters. The summed E-state index contributed by atoms with van der Waals surface area (Å²) in [7, 11) is 0. The van der Waals surface area contributed by atoms with Crippen LogP contribution in [0.15, 0.2) is 29.5 Å². The average Bonchev–Trinajstić information content (AvgIpc) is 4.02. The summed E-state index contributed by atoms with van der Waals surface area (Å²) in [4.78, 5) is 9.73. The van der Waals surface area contributed by atoms with Gasteiger partial charge in [0.05, 0.1) is 64.0 Å². The number of ether oxygens (including phenoxy) is 2. The number of hydrogen-bond acceptors (Lipinski definition) is 11. The highest BCUT2D eigenvalue weighted by atomic mass is 32.1. The molecule has 0 N–H and O–H groups in total. The Morgan fingerprint density at radius 3 is 2.10 bits per heavy atom. The van der Waals surface area contributed by atoms with Crippen LogP contribution in [0.1, 0.15) is 83.9 Å². The average molecular weight is 791 g/mol. The van der Waals surface area contributed by atoms with Gasteiger partial charge in [0.2, 0.25) is 0 Å². The van der Waals surface area contributed by atoms with Crippen LogP contribution in [0.4, 0.5) is 0 Å². The van der Waals surface area contributed by atoms with E-state index in [1.54, 1.807) is 46.2 Å². The number of hydrogen-bond donors (Lipinski definition) is 0. The van der Waals surface area contributed by atoms with Crippen LogP contribution >= 0.6 is 68.0 Å². The molecule has 1 fully saturated rings. The summed E-state index contributed by atoms with van der Waals surface area (Å²) in [6, 6.07) is 12.3. The van der Waals surface area contributed by atoms with Gasteiger partial charge >= 0.3 is 0 Å². The minimum atomic E-state index is -0.0952. The van der Waals surface area contributed by atoms with E-state index < -0.39 is 0 Å². The maximum atomic E-state index is 9.46. The maximum absolute atomic E-state index is 9.46. The van der Waals surface area contributed by atoms with E-state index >= 15 is 0 Å². The first kappa shape index (κ1) is 34.8. The number of nitriles is 3. The molecule has 6 heterocycles. The van der Waals surface area contributed by atoms with Gasteiger partial charge < -0.3 is 9.47 Å². The Morgan fingerprint density at radius 1 is 0.769 bits per heavy atom. The zero-order chi connectivity index (χ0) is 36.0. The molecule has 2 aliphatic carbocycles. The van der Waals surface area contributed by atoms with E-state index in [0.717, 1.165) is 61.6 Å². The van der Waals surface area contributed by atoms with Gasteiger partial charge in [-0.05, 0) is 73.2 Å². The Kier molecular flexibility index (Phi) is 9.57. The van der Waals surface area contributed by atoms with Gasteiger partial charge in [0.1, 0.15) is 29.2 Å². The second-order valence-electron chi connectivity index (χ2n) is 12.8. The van der Waals surface area contributed by atoms with Gasteiger partial charge in [-0.2, -0.15) is 10.5 Å². The Morgan fingerprint density at radius 2 is 1.42 bits per heavy atom. The zero-order valence-corrected chi connectivity index (χ0v) is 33.3. The lowest BCUT2D eigenvalue weighted by Gasteiger charge is -2.37. The third kappa shape index (κ3) is 5.80. The monoisotopic (exact) mass is 790 g/mol. The lowest BCUT2D eigenvalue weighted by molar-refractivity contribution is 0.316. The lowest BCUT2D eigenvalue weighted by Crippen LogP contribution is -2.28. The molecule has 258 valence electrons. The molecule has 6 aromatic rings. The highest BCUT2D eigenvalue weighted by molar-refractivity contribution is 7.45. The Balaban J connectivity index is 1.24. The number of thiophene rings is 6. The summed E-state index contributed by atoms with van der Waals surface area (Å²) < 4.78 is 20.6. The number of allylic oxidation sites excluding steroid dienone is 3. The second-order valence-corrected chi connectivity index (χ2v) is 19.1. The van der Waals surface area contributed by atoms with Gasteiger partial charge in [0.25, 0.3) is 5.70 Å². The first-order chi connectivity index (χ1) is 25.4. The van der Waals surface area contributed by atoms with Crippen LogP contribution in [0.5, 0.6) is 11.5 Å². The minimum Gasteiger partial charge on any atom is -0.492 e. The number of nitrogens with zero attached hydrogens (tertiary/aromatic N) is 4. The van der Waals surface area contributed by atoms with Gasteiger partial charge in [-0.15, -0.1) is 68.0 Å². The van der Waals surface area contributed by atoms with Crippen molar-refractivity contribution in [1.29, 1.82) is 15.8 Å². The van der Waals surface area contributed by atoms with Gasteiger partial charge in [0, 0.05) is 24.7 Å². The fraction of sp³-hybridized carbons (Fsp3) is 0.300. The molecule has 0 bridgehead atoms. The van der Waals surface area contributed by atoms with Crippen LogP contribution in [0.3, 0.4) is 0 Å². The molecule has 1 spiro atoms. The standard InChI is InChI=1S/C40H30N4O2S6/c1-4-11-45-27-15-24(13-22(19-41)20-42)47-33(27)26-17-29-32(40(26)9-7-6-8-10-40)36-38(49-29)39-37(52-36)35-31(51-39)18-30(50-35)34-28(46-12-5-2)16-25(48-34)14-23(21-43)44-3/h13-18H,4-12H2,1-2H3/b23-14-. The van der Waals surface area contributed by atoms with E-state index in [4.69, 9.17) is 16.0 Å². The Hall–Kier alpha value is -4.24. The fourth-order valence-electron chi connectivity index (χ4n) is 7.30. The van der Waals surface area contributed by atoms with Gasteiger partial charge in [-0.25, -0.2) is 10.1 Å². The Labute approximate surface area is 325 Å². The second kappa shape index (κ2) is 14.3. The van der Waals surface area contributed by atoms with E-state index in [1.165, 1.54) is 63.5 Å². The van der Waals surface area contributed by atoms with Crippen molar-refractivity contribution in [3.05, 3.63) is 66.0 Å². The van der Waals surface area contributed by atoms with Crippen molar-refractivity contribution in [3.8, 4) is 39.5 Å². The van der Waals surface area contributed by atoms with Crippen LogP contribution in [-0.4, -0.2) is 13.2 Å².